The zero-order valence-corrected chi connectivity index (χ0v) is 16.5. The molecule has 1 aromatic carbocycles. The van der Waals surface area contributed by atoms with Gasteiger partial charge in [-0.2, -0.15) is 5.26 Å². The molecule has 1 heterocycles. The maximum absolute atomic E-state index is 13.1. The molecule has 0 aromatic heterocycles. The highest BCUT2D eigenvalue weighted by Crippen LogP contribution is 2.33. The van der Waals surface area contributed by atoms with Crippen molar-refractivity contribution in [3.05, 3.63) is 46.5 Å². The van der Waals surface area contributed by atoms with Crippen molar-refractivity contribution in [2.45, 2.75) is 58.4 Å². The van der Waals surface area contributed by atoms with Crippen LogP contribution in [0.5, 0.6) is 5.75 Å². The fourth-order valence-corrected chi connectivity index (χ4v) is 3.75. The molecule has 28 heavy (non-hydrogen) atoms. The molecule has 5 heteroatoms. The average molecular weight is 378 g/mol. The Balaban J connectivity index is 1.90. The average Bonchev–Trinajstić information content (AvgIpc) is 3.21. The summed E-state index contributed by atoms with van der Waals surface area (Å²) >= 11 is 0. The van der Waals surface area contributed by atoms with E-state index in [9.17, 15) is 14.9 Å². The van der Waals surface area contributed by atoms with E-state index in [4.69, 9.17) is 4.74 Å². The Morgan fingerprint density at radius 3 is 2.46 bits per heavy atom. The Hall–Kier alpha value is -2.87. The molecule has 1 aliphatic carbocycles. The second-order valence-corrected chi connectivity index (χ2v) is 7.36. The molecule has 2 aliphatic rings. The van der Waals surface area contributed by atoms with E-state index in [0.29, 0.717) is 17.8 Å². The molecule has 0 unspecified atom stereocenters. The van der Waals surface area contributed by atoms with Gasteiger partial charge in [0.25, 0.3) is 11.8 Å². The van der Waals surface area contributed by atoms with Crippen molar-refractivity contribution in [2.24, 2.45) is 0 Å². The largest absolute Gasteiger partial charge is 0.494 e. The van der Waals surface area contributed by atoms with Crippen molar-refractivity contribution in [2.75, 3.05) is 6.61 Å². The zero-order chi connectivity index (χ0) is 20.1. The second-order valence-electron chi connectivity index (χ2n) is 7.36. The minimum atomic E-state index is -0.450. The molecule has 5 nitrogen and oxygen atoms in total. The van der Waals surface area contributed by atoms with Crippen molar-refractivity contribution in [3.63, 3.8) is 0 Å². The first-order valence-corrected chi connectivity index (χ1v) is 10.0. The maximum atomic E-state index is 13.1. The minimum absolute atomic E-state index is 0.0669. The Morgan fingerprint density at radius 1 is 1.18 bits per heavy atom. The summed E-state index contributed by atoms with van der Waals surface area (Å²) in [5.41, 5.74) is 1.78. The van der Waals surface area contributed by atoms with Crippen molar-refractivity contribution in [3.8, 4) is 11.8 Å². The molecule has 0 saturated heterocycles. The van der Waals surface area contributed by atoms with Gasteiger partial charge in [-0.3, -0.25) is 14.5 Å². The number of rotatable bonds is 6. The van der Waals surface area contributed by atoms with E-state index in [1.54, 1.807) is 13.0 Å². The van der Waals surface area contributed by atoms with Crippen molar-refractivity contribution < 1.29 is 14.3 Å². The Bertz CT molecular complexity index is 853. The van der Waals surface area contributed by atoms with E-state index in [-0.39, 0.29) is 17.5 Å². The van der Waals surface area contributed by atoms with Gasteiger partial charge in [-0.05, 0) is 55.5 Å². The third-order valence-electron chi connectivity index (χ3n) is 5.42. The number of imide groups is 1. The number of carbonyl (C=O) groups excluding carboxylic acids is 2. The molecule has 1 aliphatic heterocycles. The molecule has 0 atom stereocenters. The Kier molecular flexibility index (Phi) is 6.30. The van der Waals surface area contributed by atoms with Crippen molar-refractivity contribution >= 4 is 17.9 Å². The van der Waals surface area contributed by atoms with E-state index < -0.39 is 5.91 Å². The molecular weight excluding hydrogens is 352 g/mol. The molecule has 0 spiro atoms. The highest BCUT2D eigenvalue weighted by Gasteiger charge is 2.40. The van der Waals surface area contributed by atoms with Gasteiger partial charge >= 0.3 is 0 Å². The van der Waals surface area contributed by atoms with E-state index in [0.717, 1.165) is 49.8 Å². The molecule has 1 fully saturated rings. The third-order valence-corrected chi connectivity index (χ3v) is 5.42. The van der Waals surface area contributed by atoms with Gasteiger partial charge in [-0.1, -0.05) is 38.3 Å². The number of ether oxygens (including phenoxy) is 1. The normalized spacial score (nSPS) is 19.5. The van der Waals surface area contributed by atoms with Gasteiger partial charge in [0.05, 0.1) is 6.61 Å². The van der Waals surface area contributed by atoms with Crippen LogP contribution >= 0.6 is 0 Å². The molecule has 2 amide bonds. The van der Waals surface area contributed by atoms with Gasteiger partial charge in [-0.15, -0.1) is 0 Å². The predicted molar refractivity (Wildman–Crippen MR) is 107 cm³/mol. The SMILES string of the molecule is CCCCOc1ccc(/C=C2/C(=O)N(C3CCCC3)C(=O)C(C#N)=C2C)cc1. The summed E-state index contributed by atoms with van der Waals surface area (Å²) in [5, 5.41) is 9.49. The monoisotopic (exact) mass is 378 g/mol. The Morgan fingerprint density at radius 2 is 1.86 bits per heavy atom. The molecular formula is C23H26N2O3. The first-order valence-electron chi connectivity index (χ1n) is 10.0. The first kappa shape index (κ1) is 19.9. The molecule has 146 valence electrons. The summed E-state index contributed by atoms with van der Waals surface area (Å²) in [4.78, 5) is 27.1. The van der Waals surface area contributed by atoms with Gasteiger partial charge in [0, 0.05) is 11.6 Å². The van der Waals surface area contributed by atoms with Crippen molar-refractivity contribution in [1.29, 1.82) is 5.26 Å². The quantitative estimate of drug-likeness (QED) is 0.418. The summed E-state index contributed by atoms with van der Waals surface area (Å²) in [7, 11) is 0. The maximum Gasteiger partial charge on any atom is 0.271 e. The zero-order valence-electron chi connectivity index (χ0n) is 16.5. The number of carbonyl (C=O) groups is 2. The number of nitrogens with zero attached hydrogens (tertiary/aromatic N) is 2. The van der Waals surface area contributed by atoms with Gasteiger partial charge in [-0.25, -0.2) is 0 Å². The van der Waals surface area contributed by atoms with Gasteiger partial charge < -0.3 is 4.74 Å². The van der Waals surface area contributed by atoms with Crippen LogP contribution < -0.4 is 4.74 Å². The number of amides is 2. The molecule has 3 rings (SSSR count). The summed E-state index contributed by atoms with van der Waals surface area (Å²) in [6, 6.07) is 9.43. The van der Waals surface area contributed by atoms with Crippen molar-refractivity contribution in [1.82, 2.24) is 4.90 Å². The smallest absolute Gasteiger partial charge is 0.271 e. The van der Waals surface area contributed by atoms with Gasteiger partial charge in [0.1, 0.15) is 17.4 Å². The van der Waals surface area contributed by atoms with Crippen LogP contribution in [0.1, 0.15) is 57.9 Å². The lowest BCUT2D eigenvalue weighted by atomic mass is 9.92. The number of benzene rings is 1. The van der Waals surface area contributed by atoms with E-state index in [1.807, 2.05) is 30.3 Å². The number of nitriles is 1. The van der Waals surface area contributed by atoms with E-state index in [2.05, 4.69) is 6.92 Å². The van der Waals surface area contributed by atoms with Crippen LogP contribution in [0.4, 0.5) is 0 Å². The fraction of sp³-hybridized carbons (Fsp3) is 0.435. The number of hydrogen-bond acceptors (Lipinski definition) is 4. The van der Waals surface area contributed by atoms with Crippen LogP contribution in [0.25, 0.3) is 6.08 Å². The topological polar surface area (TPSA) is 70.4 Å². The highest BCUT2D eigenvalue weighted by molar-refractivity contribution is 6.19. The molecule has 1 aromatic rings. The van der Waals surface area contributed by atoms with Gasteiger partial charge in [0.2, 0.25) is 0 Å². The van der Waals surface area contributed by atoms with Crippen LogP contribution in [-0.2, 0) is 9.59 Å². The molecule has 1 saturated carbocycles. The van der Waals surface area contributed by atoms with Crippen LogP contribution in [0.15, 0.2) is 41.0 Å². The lowest BCUT2D eigenvalue weighted by molar-refractivity contribution is -0.143. The fourth-order valence-electron chi connectivity index (χ4n) is 3.75. The number of unbranched alkanes of at least 4 members (excludes halogenated alkanes) is 1. The molecule has 0 radical (unpaired) electrons. The standard InChI is InChI=1S/C23H26N2O3/c1-3-4-13-28-19-11-9-17(10-12-19)14-20-16(2)21(15-24)23(27)25(22(20)26)18-7-5-6-8-18/h9-12,14,18H,3-8,13H2,1-2H3/b20-14+. The summed E-state index contributed by atoms with van der Waals surface area (Å²) in [5.74, 6) is 0.0451. The number of hydrogen-bond donors (Lipinski definition) is 0. The van der Waals surface area contributed by atoms with E-state index in [1.165, 1.54) is 4.90 Å². The minimum Gasteiger partial charge on any atom is -0.494 e. The van der Waals surface area contributed by atoms with Crippen LogP contribution in [0, 0.1) is 11.3 Å². The second kappa shape index (κ2) is 8.88. The predicted octanol–water partition coefficient (Wildman–Crippen LogP) is 4.40. The van der Waals surface area contributed by atoms with Crippen LogP contribution in [0.3, 0.4) is 0 Å². The summed E-state index contributed by atoms with van der Waals surface area (Å²) < 4.78 is 5.67. The van der Waals surface area contributed by atoms with Crippen LogP contribution in [-0.4, -0.2) is 29.4 Å². The third kappa shape index (κ3) is 4.01. The van der Waals surface area contributed by atoms with Crippen LogP contribution in [0.2, 0.25) is 0 Å². The summed E-state index contributed by atoms with van der Waals surface area (Å²) in [6.07, 6.45) is 7.48. The van der Waals surface area contributed by atoms with Gasteiger partial charge in [0.15, 0.2) is 0 Å². The lowest BCUT2D eigenvalue weighted by Crippen LogP contribution is -2.47. The first-order chi connectivity index (χ1) is 13.6. The summed E-state index contributed by atoms with van der Waals surface area (Å²) in [6.45, 7) is 4.47. The molecule has 0 N–H and O–H groups in total. The Labute approximate surface area is 166 Å². The molecule has 0 bridgehead atoms. The highest BCUT2D eigenvalue weighted by atomic mass is 16.5. The lowest BCUT2D eigenvalue weighted by Gasteiger charge is -2.32. The van der Waals surface area contributed by atoms with E-state index >= 15 is 0 Å².